The lowest BCUT2D eigenvalue weighted by Crippen LogP contribution is -2.31. The normalized spacial score (nSPS) is 12.3. The predicted octanol–water partition coefficient (Wildman–Crippen LogP) is 1.08. The Morgan fingerprint density at radius 3 is 2.80 bits per heavy atom. The highest BCUT2D eigenvalue weighted by molar-refractivity contribution is 5.94. The van der Waals surface area contributed by atoms with Crippen molar-refractivity contribution in [1.29, 1.82) is 0 Å². The first kappa shape index (κ1) is 11.6. The number of amides is 1. The van der Waals surface area contributed by atoms with Crippen LogP contribution in [0.5, 0.6) is 0 Å². The number of hydrogen-bond donors (Lipinski definition) is 2. The summed E-state index contributed by atoms with van der Waals surface area (Å²) in [6, 6.07) is 2.63. The highest BCUT2D eigenvalue weighted by atomic mass is 19.1. The molecule has 0 radical (unpaired) electrons. The molecule has 0 aliphatic rings. The molecule has 1 rings (SSSR count). The fourth-order valence-electron chi connectivity index (χ4n) is 1.01. The summed E-state index contributed by atoms with van der Waals surface area (Å²) in [4.78, 5) is 11.3. The summed E-state index contributed by atoms with van der Waals surface area (Å²) in [5, 5.41) is 11.2. The summed E-state index contributed by atoms with van der Waals surface area (Å²) in [5.74, 6) is -2.22. The fraction of sp³-hybridized carbons (Fsp3) is 0.300. The minimum absolute atomic E-state index is 0.00517. The highest BCUT2D eigenvalue weighted by Crippen LogP contribution is 2.09. The van der Waals surface area contributed by atoms with Crippen molar-refractivity contribution < 1.29 is 18.7 Å². The summed E-state index contributed by atoms with van der Waals surface area (Å²) >= 11 is 0. The third-order valence-electron chi connectivity index (χ3n) is 1.73. The Balaban J connectivity index is 2.77. The molecule has 0 heterocycles. The third kappa shape index (κ3) is 3.28. The van der Waals surface area contributed by atoms with Gasteiger partial charge in [-0.1, -0.05) is 0 Å². The van der Waals surface area contributed by atoms with Crippen LogP contribution in [0, 0.1) is 11.6 Å². The van der Waals surface area contributed by atoms with E-state index >= 15 is 0 Å². The van der Waals surface area contributed by atoms with E-state index in [0.717, 1.165) is 18.2 Å². The molecule has 0 saturated carbocycles. The molecule has 0 fully saturated rings. The Morgan fingerprint density at radius 2 is 2.20 bits per heavy atom. The molecule has 3 nitrogen and oxygen atoms in total. The topological polar surface area (TPSA) is 49.3 Å². The standard InChI is InChI=1S/C10H11F2NO2/c1-6(14)5-13-10(15)8-4-7(11)2-3-9(8)12/h2-4,6,14H,5H2,1H3,(H,13,15)/t6-/m0/s1. The number of benzene rings is 1. The molecule has 0 saturated heterocycles. The van der Waals surface area contributed by atoms with Crippen molar-refractivity contribution in [3.63, 3.8) is 0 Å². The first-order chi connectivity index (χ1) is 7.00. The SMILES string of the molecule is C[C@H](O)CNC(=O)c1cc(F)ccc1F. The minimum atomic E-state index is -0.792. The summed E-state index contributed by atoms with van der Waals surface area (Å²) in [6.45, 7) is 1.47. The number of aliphatic hydroxyl groups is 1. The molecule has 1 atom stereocenters. The van der Waals surface area contributed by atoms with Crippen LogP contribution in [0.3, 0.4) is 0 Å². The second kappa shape index (κ2) is 4.84. The Bertz CT molecular complexity index is 366. The Kier molecular flexibility index (Phi) is 3.74. The monoisotopic (exact) mass is 215 g/mol. The van der Waals surface area contributed by atoms with Gasteiger partial charge >= 0.3 is 0 Å². The van der Waals surface area contributed by atoms with Crippen molar-refractivity contribution in [3.8, 4) is 0 Å². The lowest BCUT2D eigenvalue weighted by atomic mass is 10.2. The lowest BCUT2D eigenvalue weighted by Gasteiger charge is -2.07. The fourth-order valence-corrected chi connectivity index (χ4v) is 1.01. The van der Waals surface area contributed by atoms with Crippen molar-refractivity contribution in [1.82, 2.24) is 5.32 Å². The lowest BCUT2D eigenvalue weighted by molar-refractivity contribution is 0.0919. The molecular weight excluding hydrogens is 204 g/mol. The minimum Gasteiger partial charge on any atom is -0.392 e. The van der Waals surface area contributed by atoms with Crippen LogP contribution >= 0.6 is 0 Å². The highest BCUT2D eigenvalue weighted by Gasteiger charge is 2.12. The predicted molar refractivity (Wildman–Crippen MR) is 50.4 cm³/mol. The first-order valence-electron chi connectivity index (χ1n) is 4.42. The molecular formula is C10H11F2NO2. The zero-order valence-electron chi connectivity index (χ0n) is 8.13. The molecule has 2 N–H and O–H groups in total. The van der Waals surface area contributed by atoms with Crippen LogP contribution in [0.25, 0.3) is 0 Å². The average molecular weight is 215 g/mol. The zero-order chi connectivity index (χ0) is 11.4. The van der Waals surface area contributed by atoms with Crippen LogP contribution < -0.4 is 5.32 Å². The number of aliphatic hydroxyl groups excluding tert-OH is 1. The molecule has 0 aromatic heterocycles. The largest absolute Gasteiger partial charge is 0.392 e. The van der Waals surface area contributed by atoms with Crippen molar-refractivity contribution in [2.24, 2.45) is 0 Å². The molecule has 5 heteroatoms. The average Bonchev–Trinajstić information content (AvgIpc) is 2.18. The molecule has 82 valence electrons. The van der Waals surface area contributed by atoms with E-state index in [0.29, 0.717) is 0 Å². The van der Waals surface area contributed by atoms with E-state index in [-0.39, 0.29) is 12.1 Å². The van der Waals surface area contributed by atoms with Gasteiger partial charge in [-0.2, -0.15) is 0 Å². The number of carbonyl (C=O) groups is 1. The molecule has 0 aliphatic carbocycles. The van der Waals surface area contributed by atoms with Crippen LogP contribution in [0.4, 0.5) is 8.78 Å². The van der Waals surface area contributed by atoms with Gasteiger partial charge in [-0.15, -0.1) is 0 Å². The third-order valence-corrected chi connectivity index (χ3v) is 1.73. The smallest absolute Gasteiger partial charge is 0.254 e. The maximum atomic E-state index is 13.1. The molecule has 0 aliphatic heterocycles. The molecule has 1 aromatic carbocycles. The van der Waals surface area contributed by atoms with Gasteiger partial charge in [0.25, 0.3) is 5.91 Å². The van der Waals surface area contributed by atoms with Crippen LogP contribution in [0.15, 0.2) is 18.2 Å². The Hall–Kier alpha value is -1.49. The summed E-state index contributed by atoms with van der Waals surface area (Å²) < 4.78 is 25.8. The van der Waals surface area contributed by atoms with E-state index in [9.17, 15) is 13.6 Å². The van der Waals surface area contributed by atoms with E-state index in [4.69, 9.17) is 5.11 Å². The van der Waals surface area contributed by atoms with Gasteiger partial charge in [0, 0.05) is 6.54 Å². The van der Waals surface area contributed by atoms with E-state index in [1.807, 2.05) is 0 Å². The number of hydrogen-bond acceptors (Lipinski definition) is 2. The van der Waals surface area contributed by atoms with Gasteiger partial charge in [0.05, 0.1) is 11.7 Å². The van der Waals surface area contributed by atoms with Gasteiger partial charge in [-0.3, -0.25) is 4.79 Å². The molecule has 1 aromatic rings. The summed E-state index contributed by atoms with van der Waals surface area (Å²) in [7, 11) is 0. The van der Waals surface area contributed by atoms with Crippen molar-refractivity contribution >= 4 is 5.91 Å². The second-order valence-corrected chi connectivity index (χ2v) is 3.18. The Morgan fingerprint density at radius 1 is 1.53 bits per heavy atom. The molecule has 0 unspecified atom stereocenters. The number of nitrogens with one attached hydrogen (secondary N) is 1. The number of carbonyl (C=O) groups excluding carboxylic acids is 1. The van der Waals surface area contributed by atoms with Crippen molar-refractivity contribution in [3.05, 3.63) is 35.4 Å². The zero-order valence-corrected chi connectivity index (χ0v) is 8.13. The van der Waals surface area contributed by atoms with E-state index in [1.165, 1.54) is 6.92 Å². The number of halogens is 2. The maximum Gasteiger partial charge on any atom is 0.254 e. The van der Waals surface area contributed by atoms with E-state index in [2.05, 4.69) is 5.32 Å². The van der Waals surface area contributed by atoms with Gasteiger partial charge in [0.15, 0.2) is 0 Å². The van der Waals surface area contributed by atoms with Crippen LogP contribution in [-0.4, -0.2) is 23.7 Å². The van der Waals surface area contributed by atoms with Gasteiger partial charge in [0.1, 0.15) is 11.6 Å². The Labute approximate surface area is 85.7 Å². The van der Waals surface area contributed by atoms with Gasteiger partial charge < -0.3 is 10.4 Å². The molecule has 15 heavy (non-hydrogen) atoms. The van der Waals surface area contributed by atoms with E-state index < -0.39 is 23.6 Å². The van der Waals surface area contributed by atoms with Gasteiger partial charge in [-0.05, 0) is 25.1 Å². The maximum absolute atomic E-state index is 13.1. The second-order valence-electron chi connectivity index (χ2n) is 3.18. The molecule has 1 amide bonds. The quantitative estimate of drug-likeness (QED) is 0.792. The molecule has 0 spiro atoms. The van der Waals surface area contributed by atoms with Crippen molar-refractivity contribution in [2.45, 2.75) is 13.0 Å². The van der Waals surface area contributed by atoms with Crippen LogP contribution in [0.2, 0.25) is 0 Å². The first-order valence-corrected chi connectivity index (χ1v) is 4.42. The van der Waals surface area contributed by atoms with Crippen LogP contribution in [-0.2, 0) is 0 Å². The van der Waals surface area contributed by atoms with Crippen molar-refractivity contribution in [2.75, 3.05) is 6.54 Å². The van der Waals surface area contributed by atoms with Crippen LogP contribution in [0.1, 0.15) is 17.3 Å². The van der Waals surface area contributed by atoms with E-state index in [1.54, 1.807) is 0 Å². The molecule has 0 bridgehead atoms. The van der Waals surface area contributed by atoms with Gasteiger partial charge in [-0.25, -0.2) is 8.78 Å². The van der Waals surface area contributed by atoms with Gasteiger partial charge in [0.2, 0.25) is 0 Å². The summed E-state index contributed by atoms with van der Waals surface area (Å²) in [6.07, 6.45) is -0.731. The summed E-state index contributed by atoms with van der Waals surface area (Å²) in [5.41, 5.74) is -0.365. The number of rotatable bonds is 3.